The number of nitrogens with zero attached hydrogens (tertiary/aromatic N) is 1. The van der Waals surface area contributed by atoms with Gasteiger partial charge in [0.1, 0.15) is 33.9 Å². The number of rotatable bonds is 9. The molecular formula is C24H27NO8. The van der Waals surface area contributed by atoms with Crippen LogP contribution in [-0.4, -0.2) is 62.9 Å². The Kier molecular flexibility index (Phi) is 8.31. The van der Waals surface area contributed by atoms with Crippen molar-refractivity contribution in [2.45, 2.75) is 40.2 Å². The minimum Gasteiger partial charge on any atom is -0.507 e. The maximum atomic E-state index is 12.7. The molecule has 2 aromatic carbocycles. The van der Waals surface area contributed by atoms with Gasteiger partial charge in [-0.3, -0.25) is 9.59 Å². The minimum absolute atomic E-state index is 0.0812. The molecule has 3 N–H and O–H groups in total. The quantitative estimate of drug-likeness (QED) is 0.294. The van der Waals surface area contributed by atoms with Crippen LogP contribution in [0, 0.1) is 0 Å². The number of aromatic hydroxyl groups is 3. The van der Waals surface area contributed by atoms with Gasteiger partial charge in [0.15, 0.2) is 11.6 Å². The molecule has 2 aromatic rings. The van der Waals surface area contributed by atoms with E-state index in [1.807, 2.05) is 20.8 Å². The molecule has 176 valence electrons. The zero-order chi connectivity index (χ0) is 24.9. The molecule has 0 fully saturated rings. The van der Waals surface area contributed by atoms with Crippen LogP contribution < -0.4 is 0 Å². The summed E-state index contributed by atoms with van der Waals surface area (Å²) in [5.74, 6) is -5.62. The van der Waals surface area contributed by atoms with Gasteiger partial charge in [0, 0.05) is 12.5 Å². The van der Waals surface area contributed by atoms with E-state index in [1.54, 1.807) is 0 Å². The Morgan fingerprint density at radius 1 is 0.879 bits per heavy atom. The Bertz CT molecular complexity index is 1090. The zero-order valence-electron chi connectivity index (χ0n) is 18.9. The van der Waals surface area contributed by atoms with Crippen LogP contribution in [0.5, 0.6) is 17.2 Å². The number of phenolic OH excluding ortho intramolecular Hbond substituents is 3. The van der Waals surface area contributed by atoms with Gasteiger partial charge < -0.3 is 25.0 Å². The van der Waals surface area contributed by atoms with Crippen molar-refractivity contribution in [3.8, 4) is 17.2 Å². The number of hydrogen-bond acceptors (Lipinski definition) is 9. The average Bonchev–Trinajstić information content (AvgIpc) is 2.74. The minimum atomic E-state index is -1.30. The predicted molar refractivity (Wildman–Crippen MR) is 119 cm³/mol. The fourth-order valence-corrected chi connectivity index (χ4v) is 3.57. The number of carbonyl (C=O) groups is 4. The lowest BCUT2D eigenvalue weighted by molar-refractivity contribution is 0.0394. The molecule has 0 saturated carbocycles. The number of hydrogen-bond donors (Lipinski definition) is 3. The molecule has 0 aliphatic carbocycles. The highest BCUT2D eigenvalue weighted by atomic mass is 16.6. The lowest BCUT2D eigenvalue weighted by Crippen LogP contribution is -2.34. The van der Waals surface area contributed by atoms with E-state index in [1.165, 1.54) is 18.2 Å². The SMILES string of the molecule is CCN(CC)C(C)CC(=O)c1cccc(C(=O)OC(=O)c2ccc(O)c(C(C)=O)c2O)c1O. The molecule has 1 unspecified atom stereocenters. The lowest BCUT2D eigenvalue weighted by atomic mass is 10.00. The number of esters is 2. The second-order valence-corrected chi connectivity index (χ2v) is 7.49. The Labute approximate surface area is 191 Å². The van der Waals surface area contributed by atoms with E-state index in [-0.39, 0.29) is 23.8 Å². The summed E-state index contributed by atoms with van der Waals surface area (Å²) in [7, 11) is 0. The molecular weight excluding hydrogens is 430 g/mol. The van der Waals surface area contributed by atoms with E-state index in [0.29, 0.717) is 0 Å². The molecule has 0 aromatic heterocycles. The maximum Gasteiger partial charge on any atom is 0.349 e. The predicted octanol–water partition coefficient (Wildman–Crippen LogP) is 3.31. The first kappa shape index (κ1) is 25.5. The largest absolute Gasteiger partial charge is 0.507 e. The molecule has 0 amide bonds. The maximum absolute atomic E-state index is 12.7. The molecule has 9 nitrogen and oxygen atoms in total. The third-order valence-electron chi connectivity index (χ3n) is 5.39. The monoisotopic (exact) mass is 457 g/mol. The smallest absolute Gasteiger partial charge is 0.349 e. The normalized spacial score (nSPS) is 11.8. The topological polar surface area (TPSA) is 141 Å². The van der Waals surface area contributed by atoms with Crippen molar-refractivity contribution < 1.29 is 39.2 Å². The molecule has 9 heteroatoms. The van der Waals surface area contributed by atoms with Crippen LogP contribution in [0.1, 0.15) is 75.5 Å². The van der Waals surface area contributed by atoms with Crippen molar-refractivity contribution >= 4 is 23.5 Å². The van der Waals surface area contributed by atoms with Crippen LogP contribution >= 0.6 is 0 Å². The van der Waals surface area contributed by atoms with Gasteiger partial charge >= 0.3 is 11.9 Å². The summed E-state index contributed by atoms with van der Waals surface area (Å²) in [6, 6.07) is 5.84. The molecule has 0 aliphatic rings. The third-order valence-corrected chi connectivity index (χ3v) is 5.39. The number of Topliss-reactive ketones (excluding diaryl/α,β-unsaturated/α-hetero) is 2. The molecule has 0 bridgehead atoms. The van der Waals surface area contributed by atoms with Crippen LogP contribution in [0.4, 0.5) is 0 Å². The molecule has 0 aliphatic heterocycles. The van der Waals surface area contributed by atoms with Gasteiger partial charge in [-0.15, -0.1) is 0 Å². The number of carbonyl (C=O) groups excluding carboxylic acids is 4. The fraction of sp³-hybridized carbons (Fsp3) is 0.333. The van der Waals surface area contributed by atoms with Crippen LogP contribution in [0.3, 0.4) is 0 Å². The van der Waals surface area contributed by atoms with Crippen LogP contribution in [0.2, 0.25) is 0 Å². The molecule has 0 spiro atoms. The number of ketones is 2. The van der Waals surface area contributed by atoms with Crippen molar-refractivity contribution in [2.75, 3.05) is 13.1 Å². The lowest BCUT2D eigenvalue weighted by Gasteiger charge is -2.25. The van der Waals surface area contributed by atoms with Gasteiger partial charge in [0.2, 0.25) is 0 Å². The molecule has 0 saturated heterocycles. The Hall–Kier alpha value is -3.72. The standard InChI is InChI=1S/C24H27NO8/c1-5-25(6-2)13(3)12-19(28)15-8-7-9-16(21(15)29)23(31)33-24(32)17-10-11-18(27)20(14(4)26)22(17)30/h7-11,13,27,29-30H,5-6,12H2,1-4H3. The summed E-state index contributed by atoms with van der Waals surface area (Å²) >= 11 is 0. The van der Waals surface area contributed by atoms with Crippen LogP contribution in [0.15, 0.2) is 30.3 Å². The number of ether oxygens (including phenoxy) is 1. The van der Waals surface area contributed by atoms with E-state index in [0.717, 1.165) is 32.1 Å². The first-order valence-electron chi connectivity index (χ1n) is 10.4. The fourth-order valence-electron chi connectivity index (χ4n) is 3.57. The van der Waals surface area contributed by atoms with E-state index in [2.05, 4.69) is 4.90 Å². The van der Waals surface area contributed by atoms with E-state index in [9.17, 15) is 34.5 Å². The Morgan fingerprint density at radius 2 is 1.42 bits per heavy atom. The average molecular weight is 457 g/mol. The van der Waals surface area contributed by atoms with E-state index < -0.39 is 51.7 Å². The summed E-state index contributed by atoms with van der Waals surface area (Å²) in [6.45, 7) is 8.41. The van der Waals surface area contributed by atoms with Crippen molar-refractivity contribution in [1.82, 2.24) is 4.90 Å². The molecule has 33 heavy (non-hydrogen) atoms. The molecule has 1 atom stereocenters. The van der Waals surface area contributed by atoms with Crippen molar-refractivity contribution in [1.29, 1.82) is 0 Å². The molecule has 2 rings (SSSR count). The number of phenols is 3. The number of benzene rings is 2. The first-order valence-corrected chi connectivity index (χ1v) is 10.4. The van der Waals surface area contributed by atoms with Gasteiger partial charge in [-0.25, -0.2) is 9.59 Å². The van der Waals surface area contributed by atoms with Gasteiger partial charge in [-0.2, -0.15) is 0 Å². The third kappa shape index (κ3) is 5.56. The van der Waals surface area contributed by atoms with Gasteiger partial charge in [0.25, 0.3) is 0 Å². The highest BCUT2D eigenvalue weighted by molar-refractivity contribution is 6.09. The van der Waals surface area contributed by atoms with E-state index >= 15 is 0 Å². The Balaban J connectivity index is 2.27. The van der Waals surface area contributed by atoms with Gasteiger partial charge in [-0.1, -0.05) is 19.9 Å². The zero-order valence-corrected chi connectivity index (χ0v) is 18.9. The van der Waals surface area contributed by atoms with Crippen LogP contribution in [-0.2, 0) is 4.74 Å². The number of para-hydroxylation sites is 1. The summed E-state index contributed by atoms with van der Waals surface area (Å²) in [6.07, 6.45) is 0.113. The van der Waals surface area contributed by atoms with E-state index in [4.69, 9.17) is 4.74 Å². The highest BCUT2D eigenvalue weighted by Crippen LogP contribution is 2.32. The molecule has 0 radical (unpaired) electrons. The summed E-state index contributed by atoms with van der Waals surface area (Å²) in [5.41, 5.74) is -1.50. The highest BCUT2D eigenvalue weighted by Gasteiger charge is 2.26. The molecule has 0 heterocycles. The second kappa shape index (κ2) is 10.7. The summed E-state index contributed by atoms with van der Waals surface area (Å²) < 4.78 is 4.74. The van der Waals surface area contributed by atoms with Crippen molar-refractivity contribution in [3.63, 3.8) is 0 Å². The summed E-state index contributed by atoms with van der Waals surface area (Å²) in [4.78, 5) is 51.3. The second-order valence-electron chi connectivity index (χ2n) is 7.49. The van der Waals surface area contributed by atoms with Crippen molar-refractivity contribution in [3.05, 3.63) is 52.6 Å². The van der Waals surface area contributed by atoms with Gasteiger partial charge in [0.05, 0.1) is 5.56 Å². The van der Waals surface area contributed by atoms with Gasteiger partial charge in [-0.05, 0) is 51.2 Å². The Morgan fingerprint density at radius 3 is 1.97 bits per heavy atom. The summed E-state index contributed by atoms with van der Waals surface area (Å²) in [5, 5.41) is 30.4. The van der Waals surface area contributed by atoms with Crippen LogP contribution in [0.25, 0.3) is 0 Å². The van der Waals surface area contributed by atoms with Crippen molar-refractivity contribution in [2.24, 2.45) is 0 Å². The first-order chi connectivity index (χ1) is 15.5.